The highest BCUT2D eigenvalue weighted by molar-refractivity contribution is 5.93. The van der Waals surface area contributed by atoms with E-state index in [1.165, 1.54) is 12.7 Å². The van der Waals surface area contributed by atoms with Gasteiger partial charge in [-0.25, -0.2) is 4.99 Å². The topological polar surface area (TPSA) is 92.6 Å². The normalized spacial score (nSPS) is 21.0. The van der Waals surface area contributed by atoms with Crippen LogP contribution in [0.25, 0.3) is 5.70 Å². The van der Waals surface area contributed by atoms with Gasteiger partial charge in [0.2, 0.25) is 5.91 Å². The first-order valence-corrected chi connectivity index (χ1v) is 12.2. The van der Waals surface area contributed by atoms with Crippen molar-refractivity contribution in [3.05, 3.63) is 41.5 Å². The summed E-state index contributed by atoms with van der Waals surface area (Å²) in [5.74, 6) is 0.622. The average molecular weight is 474 g/mol. The molecule has 2 aliphatic rings. The monoisotopic (exact) mass is 473 g/mol. The molecule has 34 heavy (non-hydrogen) atoms. The molecule has 3 rings (SSSR count). The van der Waals surface area contributed by atoms with Crippen molar-refractivity contribution in [2.24, 2.45) is 4.99 Å². The number of carbonyl (C=O) groups excluding carboxylic acids is 1. The number of hydrogen-bond acceptors (Lipinski definition) is 7. The Morgan fingerprint density at radius 1 is 1.26 bits per heavy atom. The van der Waals surface area contributed by atoms with Crippen LogP contribution in [0.1, 0.15) is 56.6 Å². The van der Waals surface area contributed by atoms with Gasteiger partial charge in [-0.15, -0.1) is 0 Å². The summed E-state index contributed by atoms with van der Waals surface area (Å²) in [5.41, 5.74) is 2.19. The van der Waals surface area contributed by atoms with Crippen LogP contribution in [-0.2, 0) is 19.0 Å². The van der Waals surface area contributed by atoms with Crippen molar-refractivity contribution in [2.75, 3.05) is 34.0 Å². The number of amides is 1. The summed E-state index contributed by atoms with van der Waals surface area (Å²) >= 11 is 0. The van der Waals surface area contributed by atoms with E-state index in [0.29, 0.717) is 26.1 Å². The Morgan fingerprint density at radius 3 is 2.59 bits per heavy atom. The number of aryl methyl sites for hydroxylation is 1. The van der Waals surface area contributed by atoms with E-state index in [4.69, 9.17) is 19.2 Å². The first-order valence-electron chi connectivity index (χ1n) is 12.2. The number of aliphatic hydroxyl groups excluding tert-OH is 1. The van der Waals surface area contributed by atoms with E-state index in [-0.39, 0.29) is 12.5 Å². The lowest BCUT2D eigenvalue weighted by Crippen LogP contribution is -2.62. The van der Waals surface area contributed by atoms with Gasteiger partial charge in [-0.05, 0) is 32.3 Å². The highest BCUT2D eigenvalue weighted by atomic mass is 16.6. The van der Waals surface area contributed by atoms with E-state index in [1.54, 1.807) is 7.11 Å². The fraction of sp³-hybridized carbons (Fsp3) is 0.615. The number of unbranched alkanes of at least 4 members (excludes halogenated alkanes) is 2. The zero-order valence-electron chi connectivity index (χ0n) is 20.9. The van der Waals surface area contributed by atoms with Crippen LogP contribution in [0.4, 0.5) is 0 Å². The number of rotatable bonds is 11. The lowest BCUT2D eigenvalue weighted by molar-refractivity contribution is -0.165. The number of carbonyl (C=O) groups is 1. The highest BCUT2D eigenvalue weighted by Crippen LogP contribution is 2.28. The minimum absolute atomic E-state index is 0.0696. The number of aliphatic hydroxyl groups is 1. The molecule has 2 aliphatic heterocycles. The van der Waals surface area contributed by atoms with E-state index in [1.807, 2.05) is 11.0 Å². The summed E-state index contributed by atoms with van der Waals surface area (Å²) in [5, 5.41) is 13.5. The molecule has 8 heteroatoms. The van der Waals surface area contributed by atoms with Crippen LogP contribution in [0, 0.1) is 6.92 Å². The summed E-state index contributed by atoms with van der Waals surface area (Å²) in [6, 6.07) is 8.26. The van der Waals surface area contributed by atoms with Gasteiger partial charge in [0.15, 0.2) is 12.5 Å². The number of amidine groups is 1. The van der Waals surface area contributed by atoms with Gasteiger partial charge in [0.1, 0.15) is 12.4 Å². The third-order valence-electron chi connectivity index (χ3n) is 6.56. The quantitative estimate of drug-likeness (QED) is 0.379. The molecule has 2 atom stereocenters. The lowest BCUT2D eigenvalue weighted by Gasteiger charge is -2.41. The summed E-state index contributed by atoms with van der Waals surface area (Å²) < 4.78 is 16.4. The Labute approximate surface area is 203 Å². The zero-order chi connectivity index (χ0) is 24.6. The molecule has 0 aromatic heterocycles. The number of nitrogens with zero attached hydrogens (tertiary/aromatic N) is 2. The molecular weight excluding hydrogens is 434 g/mol. The molecule has 0 radical (unpaired) electrons. The van der Waals surface area contributed by atoms with Crippen LogP contribution in [0.15, 0.2) is 35.3 Å². The second kappa shape index (κ2) is 12.4. The first-order chi connectivity index (χ1) is 16.4. The average Bonchev–Trinajstić information content (AvgIpc) is 2.85. The maximum atomic E-state index is 13.2. The smallest absolute Gasteiger partial charge is 0.240 e. The Bertz CT molecular complexity index is 862. The second-order valence-corrected chi connectivity index (χ2v) is 9.06. The molecule has 1 aromatic carbocycles. The van der Waals surface area contributed by atoms with Gasteiger partial charge in [-0.1, -0.05) is 49.6 Å². The summed E-state index contributed by atoms with van der Waals surface area (Å²) in [7, 11) is 3.08. The molecule has 2 N–H and O–H groups in total. The number of ether oxygens (including phenoxy) is 3. The van der Waals surface area contributed by atoms with Gasteiger partial charge in [0.05, 0.1) is 11.2 Å². The van der Waals surface area contributed by atoms with Gasteiger partial charge in [-0.2, -0.15) is 0 Å². The Balaban J connectivity index is 1.82. The van der Waals surface area contributed by atoms with Crippen molar-refractivity contribution in [2.45, 2.75) is 70.4 Å². The van der Waals surface area contributed by atoms with Crippen molar-refractivity contribution in [1.82, 2.24) is 10.2 Å². The summed E-state index contributed by atoms with van der Waals surface area (Å²) in [6.45, 7) is 5.20. The van der Waals surface area contributed by atoms with Crippen LogP contribution in [-0.4, -0.2) is 73.8 Å². The molecule has 0 spiro atoms. The minimum atomic E-state index is -1.11. The largest absolute Gasteiger partial charge is 0.381 e. The molecule has 2 unspecified atom stereocenters. The van der Waals surface area contributed by atoms with E-state index in [2.05, 4.69) is 43.4 Å². The summed E-state index contributed by atoms with van der Waals surface area (Å²) in [6.07, 6.45) is 5.31. The van der Waals surface area contributed by atoms with Crippen LogP contribution in [0.5, 0.6) is 0 Å². The van der Waals surface area contributed by atoms with Gasteiger partial charge < -0.3 is 29.5 Å². The maximum absolute atomic E-state index is 13.2. The molecule has 1 fully saturated rings. The lowest BCUT2D eigenvalue weighted by atomic mass is 9.89. The molecule has 2 heterocycles. The van der Waals surface area contributed by atoms with E-state index < -0.39 is 18.1 Å². The Kier molecular flexibility index (Phi) is 9.64. The predicted molar refractivity (Wildman–Crippen MR) is 132 cm³/mol. The van der Waals surface area contributed by atoms with Crippen molar-refractivity contribution in [3.63, 3.8) is 0 Å². The summed E-state index contributed by atoms with van der Waals surface area (Å²) in [4.78, 5) is 20.1. The van der Waals surface area contributed by atoms with Crippen molar-refractivity contribution >= 4 is 17.4 Å². The fourth-order valence-electron chi connectivity index (χ4n) is 4.47. The van der Waals surface area contributed by atoms with Crippen LogP contribution < -0.4 is 5.32 Å². The maximum Gasteiger partial charge on any atom is 0.240 e. The van der Waals surface area contributed by atoms with Crippen LogP contribution in [0.2, 0.25) is 0 Å². The molecule has 0 saturated carbocycles. The van der Waals surface area contributed by atoms with Crippen molar-refractivity contribution < 1.29 is 24.1 Å². The number of aliphatic imine (C=N–C) groups is 1. The van der Waals surface area contributed by atoms with E-state index in [0.717, 1.165) is 42.8 Å². The van der Waals surface area contributed by atoms with Gasteiger partial charge in [-0.3, -0.25) is 4.79 Å². The fourth-order valence-corrected chi connectivity index (χ4v) is 4.47. The van der Waals surface area contributed by atoms with Gasteiger partial charge in [0, 0.05) is 39.4 Å². The SMILES string of the molecule is CCCCCC1=NC(c2ccc(C)cc2)=CC(OC)N1CC(=O)NC1(C(O)OC)CCOCC1. The molecule has 188 valence electrons. The third-order valence-corrected chi connectivity index (χ3v) is 6.56. The van der Waals surface area contributed by atoms with Crippen LogP contribution in [0.3, 0.4) is 0 Å². The standard InChI is InChI=1S/C26H39N3O5/c1-5-6-7-8-22-27-21(20-11-9-19(2)10-12-20)17-24(32-3)29(22)18-23(30)28-26(25(31)33-4)13-15-34-16-14-26/h9-12,17,24-25,31H,5-8,13-16,18H2,1-4H3,(H,28,30). The number of benzene rings is 1. The highest BCUT2D eigenvalue weighted by Gasteiger charge is 2.42. The first kappa shape index (κ1) is 26.3. The zero-order valence-corrected chi connectivity index (χ0v) is 20.9. The number of nitrogens with one attached hydrogen (secondary N) is 1. The Morgan fingerprint density at radius 2 is 1.97 bits per heavy atom. The van der Waals surface area contributed by atoms with Gasteiger partial charge >= 0.3 is 0 Å². The Hall–Kier alpha value is -2.26. The second-order valence-electron chi connectivity index (χ2n) is 9.06. The van der Waals surface area contributed by atoms with Crippen molar-refractivity contribution in [3.8, 4) is 0 Å². The molecule has 1 aromatic rings. The minimum Gasteiger partial charge on any atom is -0.381 e. The number of methoxy groups -OCH3 is 2. The van der Waals surface area contributed by atoms with E-state index >= 15 is 0 Å². The van der Waals surface area contributed by atoms with Crippen LogP contribution >= 0.6 is 0 Å². The molecule has 0 aliphatic carbocycles. The molecule has 1 saturated heterocycles. The molecule has 0 bridgehead atoms. The van der Waals surface area contributed by atoms with Gasteiger partial charge in [0.25, 0.3) is 0 Å². The molecular formula is C26H39N3O5. The predicted octanol–water partition coefficient (Wildman–Crippen LogP) is 3.23. The number of hydrogen-bond donors (Lipinski definition) is 2. The van der Waals surface area contributed by atoms with E-state index in [9.17, 15) is 9.90 Å². The third kappa shape index (κ3) is 6.44. The molecule has 8 nitrogen and oxygen atoms in total. The molecule has 1 amide bonds. The van der Waals surface area contributed by atoms with Crippen molar-refractivity contribution in [1.29, 1.82) is 0 Å².